The highest BCUT2D eigenvalue weighted by atomic mass is 16.4. The zero-order valence-corrected chi connectivity index (χ0v) is 13.6. The lowest BCUT2D eigenvalue weighted by molar-refractivity contribution is 0.404. The first-order valence-corrected chi connectivity index (χ1v) is 7.76. The summed E-state index contributed by atoms with van der Waals surface area (Å²) in [6.45, 7) is 7.49. The van der Waals surface area contributed by atoms with Crippen LogP contribution in [0.25, 0.3) is 32.9 Å². The van der Waals surface area contributed by atoms with Gasteiger partial charge in [0.05, 0.1) is 5.39 Å². The molecular weight excluding hydrogens is 336 g/mol. The van der Waals surface area contributed by atoms with Crippen molar-refractivity contribution in [3.8, 4) is 17.2 Å². The molecule has 26 heavy (non-hydrogen) atoms. The van der Waals surface area contributed by atoms with Crippen LogP contribution in [0.5, 0.6) is 17.2 Å². The van der Waals surface area contributed by atoms with E-state index in [0.29, 0.717) is 28.3 Å². The highest BCUT2D eigenvalue weighted by Crippen LogP contribution is 2.38. The van der Waals surface area contributed by atoms with Gasteiger partial charge >= 0.3 is 5.63 Å². The van der Waals surface area contributed by atoms with E-state index in [9.17, 15) is 20.1 Å². The maximum atomic E-state index is 12.4. The SMILES string of the molecule is C=CC(=C)Cc1cc2c(cc1O)oc(=O)c1c3cc(O)c(O)cc3oc21. The number of aromatic hydroxyl groups is 3. The summed E-state index contributed by atoms with van der Waals surface area (Å²) >= 11 is 0. The zero-order chi connectivity index (χ0) is 18.6. The van der Waals surface area contributed by atoms with Gasteiger partial charge in [0.25, 0.3) is 0 Å². The monoisotopic (exact) mass is 350 g/mol. The van der Waals surface area contributed by atoms with E-state index in [1.54, 1.807) is 12.1 Å². The molecule has 0 atom stereocenters. The predicted molar refractivity (Wildman–Crippen MR) is 97.8 cm³/mol. The van der Waals surface area contributed by atoms with Crippen LogP contribution in [0.2, 0.25) is 0 Å². The fourth-order valence-electron chi connectivity index (χ4n) is 3.00. The Hall–Kier alpha value is -3.67. The highest BCUT2D eigenvalue weighted by molar-refractivity contribution is 6.13. The molecule has 0 fully saturated rings. The van der Waals surface area contributed by atoms with Gasteiger partial charge in [0.15, 0.2) is 17.1 Å². The molecular formula is C20H14O6. The van der Waals surface area contributed by atoms with Crippen LogP contribution >= 0.6 is 0 Å². The van der Waals surface area contributed by atoms with Crippen LogP contribution in [0.15, 0.2) is 62.7 Å². The first-order chi connectivity index (χ1) is 12.4. The van der Waals surface area contributed by atoms with E-state index in [1.165, 1.54) is 18.2 Å². The average molecular weight is 350 g/mol. The molecule has 2 heterocycles. The number of rotatable bonds is 3. The molecule has 0 radical (unpaired) electrons. The Morgan fingerprint density at radius 2 is 1.62 bits per heavy atom. The number of phenolic OH excluding ortho intramolecular Hbond substituents is 3. The third kappa shape index (κ3) is 2.23. The highest BCUT2D eigenvalue weighted by Gasteiger charge is 2.19. The van der Waals surface area contributed by atoms with Gasteiger partial charge in [0, 0.05) is 23.9 Å². The molecule has 2 aromatic carbocycles. The van der Waals surface area contributed by atoms with E-state index >= 15 is 0 Å². The van der Waals surface area contributed by atoms with Gasteiger partial charge in [-0.2, -0.15) is 0 Å². The van der Waals surface area contributed by atoms with Crippen molar-refractivity contribution in [2.45, 2.75) is 6.42 Å². The second kappa shape index (κ2) is 5.42. The van der Waals surface area contributed by atoms with Crippen LogP contribution in [0.1, 0.15) is 5.56 Å². The van der Waals surface area contributed by atoms with Crippen molar-refractivity contribution in [3.05, 3.63) is 65.1 Å². The van der Waals surface area contributed by atoms with Gasteiger partial charge in [-0.3, -0.25) is 0 Å². The minimum atomic E-state index is -0.668. The number of hydrogen-bond donors (Lipinski definition) is 3. The van der Waals surface area contributed by atoms with E-state index in [1.807, 2.05) is 0 Å². The minimum Gasteiger partial charge on any atom is -0.508 e. The number of benzene rings is 2. The third-order valence-corrected chi connectivity index (χ3v) is 4.32. The van der Waals surface area contributed by atoms with E-state index in [0.717, 1.165) is 0 Å². The molecule has 0 bridgehead atoms. The van der Waals surface area contributed by atoms with Gasteiger partial charge < -0.3 is 24.2 Å². The standard InChI is InChI=1S/C20H14O6/c1-3-9(2)4-10-5-12-17(7-13(10)21)26-20(24)18-11-6-14(22)15(23)8-16(11)25-19(12)18/h3,5-8,21-23H,1-2,4H2. The third-order valence-electron chi connectivity index (χ3n) is 4.32. The number of fused-ring (bicyclic) bond motifs is 5. The van der Waals surface area contributed by atoms with Gasteiger partial charge in [-0.1, -0.05) is 24.8 Å². The Kier molecular flexibility index (Phi) is 3.30. The maximum Gasteiger partial charge on any atom is 0.348 e. The van der Waals surface area contributed by atoms with Gasteiger partial charge in [0.1, 0.15) is 22.3 Å². The summed E-state index contributed by atoms with van der Waals surface area (Å²) in [6.07, 6.45) is 1.96. The lowest BCUT2D eigenvalue weighted by Crippen LogP contribution is -1.99. The van der Waals surface area contributed by atoms with Crippen molar-refractivity contribution in [2.75, 3.05) is 0 Å². The van der Waals surface area contributed by atoms with Crippen molar-refractivity contribution < 1.29 is 24.2 Å². The average Bonchev–Trinajstić information content (AvgIpc) is 2.95. The molecule has 0 aliphatic rings. The van der Waals surface area contributed by atoms with Crippen molar-refractivity contribution in [3.63, 3.8) is 0 Å². The van der Waals surface area contributed by atoms with E-state index in [-0.39, 0.29) is 39.4 Å². The predicted octanol–water partition coefficient (Wildman–Crippen LogP) is 4.09. The lowest BCUT2D eigenvalue weighted by Gasteiger charge is -2.06. The molecule has 4 rings (SSSR count). The molecule has 6 heteroatoms. The Bertz CT molecular complexity index is 1290. The fraction of sp³-hybridized carbons (Fsp3) is 0.0500. The Morgan fingerprint density at radius 3 is 2.35 bits per heavy atom. The summed E-state index contributed by atoms with van der Waals surface area (Å²) < 4.78 is 11.1. The zero-order valence-electron chi connectivity index (χ0n) is 13.6. The lowest BCUT2D eigenvalue weighted by atomic mass is 10.0. The van der Waals surface area contributed by atoms with Gasteiger partial charge in [-0.25, -0.2) is 4.79 Å². The summed E-state index contributed by atoms with van der Waals surface area (Å²) in [5.74, 6) is -0.756. The largest absolute Gasteiger partial charge is 0.508 e. The summed E-state index contributed by atoms with van der Waals surface area (Å²) in [6, 6.07) is 5.49. The van der Waals surface area contributed by atoms with E-state index < -0.39 is 5.63 Å². The van der Waals surface area contributed by atoms with Crippen molar-refractivity contribution in [2.24, 2.45) is 0 Å². The number of allylic oxidation sites excluding steroid dienone is 2. The van der Waals surface area contributed by atoms with Crippen LogP contribution in [0, 0.1) is 0 Å². The molecule has 130 valence electrons. The molecule has 0 unspecified atom stereocenters. The summed E-state index contributed by atoms with van der Waals surface area (Å²) in [4.78, 5) is 12.4. The Labute approximate surface area is 146 Å². The normalized spacial score (nSPS) is 11.4. The molecule has 2 aromatic heterocycles. The summed E-state index contributed by atoms with van der Waals surface area (Å²) in [5.41, 5.74) is 1.28. The van der Waals surface area contributed by atoms with Crippen molar-refractivity contribution in [1.29, 1.82) is 0 Å². The van der Waals surface area contributed by atoms with Crippen LogP contribution in [-0.4, -0.2) is 15.3 Å². The molecule has 0 spiro atoms. The molecule has 0 saturated carbocycles. The summed E-state index contributed by atoms with van der Waals surface area (Å²) in [7, 11) is 0. The van der Waals surface area contributed by atoms with Gasteiger partial charge in [-0.05, 0) is 17.7 Å². The second-order valence-corrected chi connectivity index (χ2v) is 6.05. The quantitative estimate of drug-likeness (QED) is 0.292. The minimum absolute atomic E-state index is 0.0330. The fourth-order valence-corrected chi connectivity index (χ4v) is 3.00. The van der Waals surface area contributed by atoms with Crippen molar-refractivity contribution in [1.82, 2.24) is 0 Å². The van der Waals surface area contributed by atoms with Gasteiger partial charge in [-0.15, -0.1) is 0 Å². The summed E-state index contributed by atoms with van der Waals surface area (Å²) in [5, 5.41) is 30.6. The second-order valence-electron chi connectivity index (χ2n) is 6.05. The smallest absolute Gasteiger partial charge is 0.348 e. The molecule has 4 aromatic rings. The molecule has 6 nitrogen and oxygen atoms in total. The maximum absolute atomic E-state index is 12.4. The molecule has 0 aliphatic heterocycles. The Balaban J connectivity index is 2.13. The van der Waals surface area contributed by atoms with Crippen LogP contribution < -0.4 is 5.63 Å². The molecule has 3 N–H and O–H groups in total. The first-order valence-electron chi connectivity index (χ1n) is 7.76. The van der Waals surface area contributed by atoms with E-state index in [4.69, 9.17) is 8.83 Å². The van der Waals surface area contributed by atoms with Crippen LogP contribution in [-0.2, 0) is 6.42 Å². The Morgan fingerprint density at radius 1 is 0.962 bits per heavy atom. The van der Waals surface area contributed by atoms with Gasteiger partial charge in [0.2, 0.25) is 0 Å². The molecule has 0 aliphatic carbocycles. The number of hydrogen-bond acceptors (Lipinski definition) is 6. The molecule has 0 saturated heterocycles. The van der Waals surface area contributed by atoms with Crippen LogP contribution in [0.4, 0.5) is 0 Å². The van der Waals surface area contributed by atoms with E-state index in [2.05, 4.69) is 13.2 Å². The number of furan rings is 1. The number of phenols is 3. The van der Waals surface area contributed by atoms with Crippen LogP contribution in [0.3, 0.4) is 0 Å². The first kappa shape index (κ1) is 15.8. The van der Waals surface area contributed by atoms with Crippen molar-refractivity contribution >= 4 is 32.9 Å². The topological polar surface area (TPSA) is 104 Å². The molecule has 0 amide bonds.